The van der Waals surface area contributed by atoms with E-state index in [9.17, 15) is 4.39 Å². The monoisotopic (exact) mass is 315 g/mol. The molecule has 0 saturated carbocycles. The number of aliphatic imine (C=N–C) groups is 1. The zero-order valence-corrected chi connectivity index (χ0v) is 13.6. The second-order valence-electron chi connectivity index (χ2n) is 5.92. The standard InChI is InChI=1S/C18H22FN3O/c1-18(2,13-7-6-8-14(19)11-13)12-21-17(20)22-15-9-4-5-10-16(15)23-3/h4-11H,12H2,1-3H3,(H3,20,21,22). The normalized spacial score (nSPS) is 12.1. The second-order valence-corrected chi connectivity index (χ2v) is 5.92. The smallest absolute Gasteiger partial charge is 0.193 e. The van der Waals surface area contributed by atoms with E-state index in [-0.39, 0.29) is 11.2 Å². The van der Waals surface area contributed by atoms with Crippen molar-refractivity contribution in [2.24, 2.45) is 10.7 Å². The van der Waals surface area contributed by atoms with Gasteiger partial charge in [0.05, 0.1) is 19.3 Å². The maximum absolute atomic E-state index is 13.4. The van der Waals surface area contributed by atoms with E-state index in [1.807, 2.05) is 44.2 Å². The number of ether oxygens (including phenoxy) is 1. The minimum absolute atomic E-state index is 0.250. The molecule has 3 N–H and O–H groups in total. The van der Waals surface area contributed by atoms with Crippen LogP contribution in [0.15, 0.2) is 53.5 Å². The van der Waals surface area contributed by atoms with E-state index in [1.54, 1.807) is 13.2 Å². The molecule has 0 aromatic heterocycles. The minimum Gasteiger partial charge on any atom is -0.495 e. The maximum atomic E-state index is 13.4. The van der Waals surface area contributed by atoms with Crippen LogP contribution in [0.3, 0.4) is 0 Å². The molecule has 0 aliphatic heterocycles. The van der Waals surface area contributed by atoms with Gasteiger partial charge in [-0.25, -0.2) is 4.39 Å². The molecule has 122 valence electrons. The number of guanidine groups is 1. The number of para-hydroxylation sites is 2. The third-order valence-corrected chi connectivity index (χ3v) is 3.62. The van der Waals surface area contributed by atoms with E-state index in [2.05, 4.69) is 10.3 Å². The number of nitrogens with one attached hydrogen (secondary N) is 1. The SMILES string of the molecule is COc1ccccc1NC(N)=NCC(C)(C)c1cccc(F)c1. The predicted octanol–water partition coefficient (Wildman–Crippen LogP) is 3.54. The average molecular weight is 315 g/mol. The quantitative estimate of drug-likeness (QED) is 0.655. The topological polar surface area (TPSA) is 59.6 Å². The number of rotatable bonds is 5. The summed E-state index contributed by atoms with van der Waals surface area (Å²) in [6, 6.07) is 14.0. The number of nitrogens with two attached hydrogens (primary N) is 1. The first-order chi connectivity index (χ1) is 10.9. The van der Waals surface area contributed by atoms with Crippen molar-refractivity contribution in [2.45, 2.75) is 19.3 Å². The van der Waals surface area contributed by atoms with Crippen LogP contribution >= 0.6 is 0 Å². The fourth-order valence-corrected chi connectivity index (χ4v) is 2.21. The lowest BCUT2D eigenvalue weighted by molar-refractivity contribution is 0.417. The van der Waals surface area contributed by atoms with E-state index in [1.165, 1.54) is 12.1 Å². The van der Waals surface area contributed by atoms with Gasteiger partial charge in [0.15, 0.2) is 5.96 Å². The van der Waals surface area contributed by atoms with Gasteiger partial charge in [-0.05, 0) is 29.8 Å². The zero-order chi connectivity index (χ0) is 16.9. The minimum atomic E-state index is -0.324. The van der Waals surface area contributed by atoms with Crippen LogP contribution in [0.5, 0.6) is 5.75 Å². The number of hydrogen-bond acceptors (Lipinski definition) is 2. The van der Waals surface area contributed by atoms with Crippen molar-refractivity contribution >= 4 is 11.6 Å². The summed E-state index contributed by atoms with van der Waals surface area (Å²) < 4.78 is 18.6. The Morgan fingerprint density at radius 1 is 1.22 bits per heavy atom. The summed E-state index contributed by atoms with van der Waals surface area (Å²) in [5.74, 6) is 0.730. The number of nitrogens with zero attached hydrogens (tertiary/aromatic N) is 1. The highest BCUT2D eigenvalue weighted by atomic mass is 19.1. The lowest BCUT2D eigenvalue weighted by Crippen LogP contribution is -2.28. The Labute approximate surface area is 136 Å². The van der Waals surface area contributed by atoms with Crippen molar-refractivity contribution in [1.82, 2.24) is 0 Å². The molecular weight excluding hydrogens is 293 g/mol. The Kier molecular flexibility index (Phi) is 5.21. The number of anilines is 1. The first-order valence-corrected chi connectivity index (χ1v) is 7.38. The summed E-state index contributed by atoms with van der Waals surface area (Å²) in [6.45, 7) is 4.44. The number of halogens is 1. The van der Waals surface area contributed by atoms with Gasteiger partial charge in [-0.15, -0.1) is 0 Å². The van der Waals surface area contributed by atoms with Gasteiger partial charge < -0.3 is 15.8 Å². The first kappa shape index (κ1) is 16.8. The van der Waals surface area contributed by atoms with Crippen LogP contribution in [-0.4, -0.2) is 19.6 Å². The van der Waals surface area contributed by atoms with Crippen LogP contribution in [0.4, 0.5) is 10.1 Å². The molecule has 0 bridgehead atoms. The summed E-state index contributed by atoms with van der Waals surface area (Å²) >= 11 is 0. The van der Waals surface area contributed by atoms with E-state index < -0.39 is 0 Å². The van der Waals surface area contributed by atoms with Crippen molar-refractivity contribution in [3.63, 3.8) is 0 Å². The Morgan fingerprint density at radius 3 is 2.65 bits per heavy atom. The van der Waals surface area contributed by atoms with Crippen molar-refractivity contribution in [2.75, 3.05) is 19.0 Å². The van der Waals surface area contributed by atoms with Crippen molar-refractivity contribution < 1.29 is 9.13 Å². The van der Waals surface area contributed by atoms with Crippen LogP contribution in [0, 0.1) is 5.82 Å². The molecule has 0 aliphatic rings. The average Bonchev–Trinajstić information content (AvgIpc) is 2.53. The van der Waals surface area contributed by atoms with Gasteiger partial charge in [0.1, 0.15) is 11.6 Å². The van der Waals surface area contributed by atoms with E-state index in [4.69, 9.17) is 10.5 Å². The predicted molar refractivity (Wildman–Crippen MR) is 92.5 cm³/mol. The van der Waals surface area contributed by atoms with Crippen molar-refractivity contribution in [3.8, 4) is 5.75 Å². The first-order valence-electron chi connectivity index (χ1n) is 7.38. The molecule has 23 heavy (non-hydrogen) atoms. The van der Waals surface area contributed by atoms with Crippen LogP contribution in [0.2, 0.25) is 0 Å². The summed E-state index contributed by atoms with van der Waals surface area (Å²) in [4.78, 5) is 4.38. The van der Waals surface area contributed by atoms with Gasteiger partial charge in [0.2, 0.25) is 0 Å². The van der Waals surface area contributed by atoms with Gasteiger partial charge in [0, 0.05) is 5.41 Å². The molecule has 0 spiro atoms. The molecule has 0 fully saturated rings. The van der Waals surface area contributed by atoms with Gasteiger partial charge in [-0.3, -0.25) is 4.99 Å². The number of benzene rings is 2. The molecule has 0 unspecified atom stereocenters. The van der Waals surface area contributed by atoms with Gasteiger partial charge in [0.25, 0.3) is 0 Å². The lowest BCUT2D eigenvalue weighted by atomic mass is 9.85. The maximum Gasteiger partial charge on any atom is 0.193 e. The fraction of sp³-hybridized carbons (Fsp3) is 0.278. The summed E-state index contributed by atoms with van der Waals surface area (Å²) in [5, 5.41) is 3.03. The Morgan fingerprint density at radius 2 is 1.96 bits per heavy atom. The lowest BCUT2D eigenvalue weighted by Gasteiger charge is -2.23. The highest BCUT2D eigenvalue weighted by Gasteiger charge is 2.20. The zero-order valence-electron chi connectivity index (χ0n) is 13.6. The molecule has 0 aliphatic carbocycles. The van der Waals surface area contributed by atoms with Gasteiger partial charge in [-0.1, -0.05) is 38.1 Å². The Hall–Kier alpha value is -2.56. The summed E-state index contributed by atoms with van der Waals surface area (Å²) in [5.41, 5.74) is 7.26. The molecule has 4 nitrogen and oxygen atoms in total. The summed E-state index contributed by atoms with van der Waals surface area (Å²) in [7, 11) is 1.60. The van der Waals surface area contributed by atoms with Crippen molar-refractivity contribution in [3.05, 3.63) is 59.9 Å². The van der Waals surface area contributed by atoms with Crippen molar-refractivity contribution in [1.29, 1.82) is 0 Å². The highest BCUT2D eigenvalue weighted by Crippen LogP contribution is 2.25. The van der Waals surface area contributed by atoms with E-state index in [0.29, 0.717) is 18.3 Å². The molecule has 5 heteroatoms. The number of hydrogen-bond donors (Lipinski definition) is 2. The fourth-order valence-electron chi connectivity index (χ4n) is 2.21. The highest BCUT2D eigenvalue weighted by molar-refractivity contribution is 5.93. The van der Waals surface area contributed by atoms with Gasteiger partial charge in [-0.2, -0.15) is 0 Å². The molecule has 2 aromatic carbocycles. The van der Waals surface area contributed by atoms with E-state index >= 15 is 0 Å². The second kappa shape index (κ2) is 7.13. The van der Waals surface area contributed by atoms with Gasteiger partial charge >= 0.3 is 0 Å². The third-order valence-electron chi connectivity index (χ3n) is 3.62. The Bertz CT molecular complexity index is 698. The number of methoxy groups -OCH3 is 1. The van der Waals surface area contributed by atoms with Crippen LogP contribution in [-0.2, 0) is 5.41 Å². The van der Waals surface area contributed by atoms with E-state index in [0.717, 1.165) is 11.3 Å². The largest absolute Gasteiger partial charge is 0.495 e. The molecule has 0 radical (unpaired) electrons. The molecule has 0 saturated heterocycles. The van der Waals surface area contributed by atoms with Crippen LogP contribution in [0.1, 0.15) is 19.4 Å². The summed E-state index contributed by atoms with van der Waals surface area (Å²) in [6.07, 6.45) is 0. The Balaban J connectivity index is 2.09. The van der Waals surface area contributed by atoms with Crippen LogP contribution < -0.4 is 15.8 Å². The molecule has 0 heterocycles. The molecular formula is C18H22FN3O. The third kappa shape index (κ3) is 4.45. The molecule has 2 rings (SSSR count). The van der Waals surface area contributed by atoms with Crippen LogP contribution in [0.25, 0.3) is 0 Å². The molecule has 0 atom stereocenters. The molecule has 2 aromatic rings. The molecule has 0 amide bonds.